The Balaban J connectivity index is 1.74. The van der Waals surface area contributed by atoms with Crippen LogP contribution < -0.4 is 5.73 Å². The van der Waals surface area contributed by atoms with E-state index < -0.39 is 0 Å². The van der Waals surface area contributed by atoms with Crippen molar-refractivity contribution in [1.82, 2.24) is 0 Å². The Bertz CT molecular complexity index is 604. The maximum atomic E-state index is 12.2. The summed E-state index contributed by atoms with van der Waals surface area (Å²) in [6.07, 6.45) is 1.60. The lowest BCUT2D eigenvalue weighted by molar-refractivity contribution is 0.0970. The van der Waals surface area contributed by atoms with Crippen LogP contribution in [0.15, 0.2) is 48.5 Å². The predicted molar refractivity (Wildman–Crippen MR) is 72.7 cm³/mol. The molecule has 2 nitrogen and oxygen atoms in total. The van der Waals surface area contributed by atoms with Crippen LogP contribution in [0.25, 0.3) is 0 Å². The van der Waals surface area contributed by atoms with E-state index in [-0.39, 0.29) is 5.78 Å². The fourth-order valence-electron chi connectivity index (χ4n) is 2.60. The molecule has 0 heterocycles. The van der Waals surface area contributed by atoms with Crippen LogP contribution in [0.2, 0.25) is 0 Å². The number of hydrogen-bond donors (Lipinski definition) is 1. The van der Waals surface area contributed by atoms with Crippen LogP contribution >= 0.6 is 0 Å². The first kappa shape index (κ1) is 11.0. The average Bonchev–Trinajstić information content (AvgIpc) is 2.36. The minimum Gasteiger partial charge on any atom is -0.399 e. The molecule has 2 heteroatoms. The molecule has 0 saturated carbocycles. The van der Waals surface area contributed by atoms with Gasteiger partial charge < -0.3 is 5.73 Å². The zero-order chi connectivity index (χ0) is 12.5. The molecule has 1 aliphatic carbocycles. The smallest absolute Gasteiger partial charge is 0.163 e. The number of ketones is 1. The number of nitrogens with two attached hydrogens (primary N) is 1. The molecule has 90 valence electrons. The predicted octanol–water partition coefficient (Wildman–Crippen LogP) is 3.18. The first-order valence-corrected chi connectivity index (χ1v) is 6.20. The highest BCUT2D eigenvalue weighted by Gasteiger charge is 2.27. The summed E-state index contributed by atoms with van der Waals surface area (Å²) in [5.41, 5.74) is 9.77. The van der Waals surface area contributed by atoms with Crippen molar-refractivity contribution in [1.29, 1.82) is 0 Å². The van der Waals surface area contributed by atoms with E-state index in [9.17, 15) is 4.79 Å². The molecule has 0 saturated heterocycles. The van der Waals surface area contributed by atoms with E-state index in [0.717, 1.165) is 12.0 Å². The summed E-state index contributed by atoms with van der Waals surface area (Å²) in [7, 11) is 0. The molecule has 18 heavy (non-hydrogen) atoms. The summed E-state index contributed by atoms with van der Waals surface area (Å²) in [5.74, 6) is 0.567. The van der Waals surface area contributed by atoms with Crippen LogP contribution in [-0.4, -0.2) is 5.78 Å². The maximum absolute atomic E-state index is 12.2. The number of carbonyl (C=O) groups is 1. The van der Waals surface area contributed by atoms with Crippen molar-refractivity contribution in [2.24, 2.45) is 0 Å². The monoisotopic (exact) mass is 237 g/mol. The third-order valence-corrected chi connectivity index (χ3v) is 3.60. The highest BCUT2D eigenvalue weighted by Crippen LogP contribution is 2.37. The fourth-order valence-corrected chi connectivity index (χ4v) is 2.60. The molecule has 1 unspecified atom stereocenters. The molecule has 2 aromatic carbocycles. The Labute approximate surface area is 106 Å². The molecule has 0 bridgehead atoms. The van der Waals surface area contributed by atoms with Gasteiger partial charge in [-0.2, -0.15) is 0 Å². The molecule has 1 atom stereocenters. The Morgan fingerprint density at radius 2 is 2.00 bits per heavy atom. The summed E-state index contributed by atoms with van der Waals surface area (Å²) in [4.78, 5) is 12.2. The molecule has 1 aliphatic rings. The minimum absolute atomic E-state index is 0.182. The zero-order valence-electron chi connectivity index (χ0n) is 10.1. The van der Waals surface area contributed by atoms with Gasteiger partial charge in [0, 0.05) is 17.7 Å². The van der Waals surface area contributed by atoms with Gasteiger partial charge in [-0.15, -0.1) is 0 Å². The lowest BCUT2D eigenvalue weighted by Gasteiger charge is -2.29. The van der Waals surface area contributed by atoms with Crippen LogP contribution in [0.4, 0.5) is 5.69 Å². The van der Waals surface area contributed by atoms with Crippen LogP contribution in [0, 0.1) is 0 Å². The van der Waals surface area contributed by atoms with Gasteiger partial charge in [0.25, 0.3) is 0 Å². The summed E-state index contributed by atoms with van der Waals surface area (Å²) in [5, 5.41) is 0. The Morgan fingerprint density at radius 3 is 2.78 bits per heavy atom. The summed E-state index contributed by atoms with van der Waals surface area (Å²) in [6, 6.07) is 15.6. The maximum Gasteiger partial charge on any atom is 0.163 e. The first-order chi connectivity index (χ1) is 8.74. The number of fused-ring (bicyclic) bond motifs is 1. The minimum atomic E-state index is 0.182. The van der Waals surface area contributed by atoms with Gasteiger partial charge in [-0.05, 0) is 35.6 Å². The van der Waals surface area contributed by atoms with Crippen LogP contribution in [0.3, 0.4) is 0 Å². The molecule has 2 aromatic rings. The highest BCUT2D eigenvalue weighted by atomic mass is 16.1. The quantitative estimate of drug-likeness (QED) is 0.658. The fraction of sp³-hybridized carbons (Fsp3) is 0.188. The summed E-state index contributed by atoms with van der Waals surface area (Å²) < 4.78 is 0. The van der Waals surface area contributed by atoms with Crippen molar-refractivity contribution in [2.75, 3.05) is 5.73 Å². The molecule has 0 amide bonds. The molecular formula is C16H15NO. The Kier molecular flexibility index (Phi) is 2.63. The van der Waals surface area contributed by atoms with Crippen molar-refractivity contribution in [3.63, 3.8) is 0 Å². The highest BCUT2D eigenvalue weighted by molar-refractivity contribution is 5.97. The van der Waals surface area contributed by atoms with Gasteiger partial charge in [0.2, 0.25) is 0 Å². The van der Waals surface area contributed by atoms with Crippen LogP contribution in [0.5, 0.6) is 0 Å². The molecule has 3 rings (SSSR count). The first-order valence-electron chi connectivity index (χ1n) is 6.20. The van der Waals surface area contributed by atoms with E-state index in [4.69, 9.17) is 5.73 Å². The Hall–Kier alpha value is -2.09. The number of carbonyl (C=O) groups excluding carboxylic acids is 1. The molecule has 2 N–H and O–H groups in total. The lowest BCUT2D eigenvalue weighted by atomic mass is 9.74. The number of benzene rings is 2. The van der Waals surface area contributed by atoms with Gasteiger partial charge in [0.05, 0.1) is 0 Å². The van der Waals surface area contributed by atoms with Gasteiger partial charge in [-0.3, -0.25) is 4.79 Å². The zero-order valence-corrected chi connectivity index (χ0v) is 10.1. The molecule has 0 spiro atoms. The average molecular weight is 237 g/mol. The number of nitrogen functional groups attached to an aromatic ring is 1. The molecule has 0 aromatic heterocycles. The standard InChI is InChI=1S/C16H15NO/c17-14-6-3-5-12(9-14)16(18)10-13-8-11-4-1-2-7-15(11)13/h1-7,9,13H,8,10,17H2. The van der Waals surface area contributed by atoms with Crippen LogP contribution in [0.1, 0.15) is 33.8 Å². The van der Waals surface area contributed by atoms with E-state index in [0.29, 0.717) is 18.0 Å². The third kappa shape index (κ3) is 1.90. The number of anilines is 1. The topological polar surface area (TPSA) is 43.1 Å². The Morgan fingerprint density at radius 1 is 1.17 bits per heavy atom. The van der Waals surface area contributed by atoms with Gasteiger partial charge in [0.1, 0.15) is 0 Å². The van der Waals surface area contributed by atoms with E-state index in [1.165, 1.54) is 11.1 Å². The molecule has 0 radical (unpaired) electrons. The second-order valence-corrected chi connectivity index (χ2v) is 4.85. The second-order valence-electron chi connectivity index (χ2n) is 4.85. The normalized spacial score (nSPS) is 16.8. The van der Waals surface area contributed by atoms with E-state index >= 15 is 0 Å². The third-order valence-electron chi connectivity index (χ3n) is 3.60. The summed E-state index contributed by atoms with van der Waals surface area (Å²) >= 11 is 0. The van der Waals surface area contributed by atoms with Crippen molar-refractivity contribution < 1.29 is 4.79 Å². The number of hydrogen-bond acceptors (Lipinski definition) is 2. The van der Waals surface area contributed by atoms with Crippen molar-refractivity contribution >= 4 is 11.5 Å². The largest absolute Gasteiger partial charge is 0.399 e. The van der Waals surface area contributed by atoms with E-state index in [2.05, 4.69) is 18.2 Å². The van der Waals surface area contributed by atoms with E-state index in [1.54, 1.807) is 12.1 Å². The molecular weight excluding hydrogens is 222 g/mol. The molecule has 0 aliphatic heterocycles. The van der Waals surface area contributed by atoms with Gasteiger partial charge in [0.15, 0.2) is 5.78 Å². The number of rotatable bonds is 3. The SMILES string of the molecule is Nc1cccc(C(=O)CC2Cc3ccccc32)c1. The summed E-state index contributed by atoms with van der Waals surface area (Å²) in [6.45, 7) is 0. The van der Waals surface area contributed by atoms with Gasteiger partial charge >= 0.3 is 0 Å². The lowest BCUT2D eigenvalue weighted by Crippen LogP contribution is -2.20. The van der Waals surface area contributed by atoms with Crippen LogP contribution in [-0.2, 0) is 6.42 Å². The van der Waals surface area contributed by atoms with Gasteiger partial charge in [-0.25, -0.2) is 0 Å². The van der Waals surface area contributed by atoms with Gasteiger partial charge in [-0.1, -0.05) is 36.4 Å². The van der Waals surface area contributed by atoms with Crippen molar-refractivity contribution in [2.45, 2.75) is 18.8 Å². The molecule has 0 fully saturated rings. The van der Waals surface area contributed by atoms with E-state index in [1.807, 2.05) is 18.2 Å². The number of Topliss-reactive ketones (excluding diaryl/α,β-unsaturated/α-hetero) is 1. The second kappa shape index (κ2) is 4.30. The van der Waals surface area contributed by atoms with Crippen molar-refractivity contribution in [3.8, 4) is 0 Å². The van der Waals surface area contributed by atoms with Crippen molar-refractivity contribution in [3.05, 3.63) is 65.2 Å².